The average molecular weight is 462 g/mol. The molecule has 1 heterocycles. The van der Waals surface area contributed by atoms with Gasteiger partial charge in [-0.1, -0.05) is 11.6 Å². The lowest BCUT2D eigenvalue weighted by molar-refractivity contribution is -0.114. The number of halogens is 2. The van der Waals surface area contributed by atoms with E-state index in [9.17, 15) is 9.59 Å². The van der Waals surface area contributed by atoms with Gasteiger partial charge in [-0.2, -0.15) is 5.10 Å². The Morgan fingerprint density at radius 2 is 1.71 bits per heavy atom. The second-order valence-electron chi connectivity index (χ2n) is 6.27. The molecule has 0 bridgehead atoms. The highest BCUT2D eigenvalue weighted by molar-refractivity contribution is 9.10. The molecule has 0 fully saturated rings. The number of hydrogen-bond donors (Lipinski definition) is 2. The van der Waals surface area contributed by atoms with E-state index < -0.39 is 0 Å². The minimum Gasteiger partial charge on any atom is -0.325 e. The van der Waals surface area contributed by atoms with Gasteiger partial charge in [-0.25, -0.2) is 4.68 Å². The van der Waals surface area contributed by atoms with Crippen LogP contribution in [0.25, 0.3) is 5.69 Å². The standard InChI is InChI=1S/C20H18BrClN4O2/c1-11-19(21)12(2)26(25-11)16-7-4-14(5-8-16)20(28)24-18-10-15(22)6-9-17(18)23-13(3)27/h4-10H,1-3H3,(H,23,27)(H,24,28). The maximum absolute atomic E-state index is 12.6. The van der Waals surface area contributed by atoms with Crippen LogP contribution in [0.4, 0.5) is 11.4 Å². The van der Waals surface area contributed by atoms with Gasteiger partial charge in [0.25, 0.3) is 5.91 Å². The molecule has 0 unspecified atom stereocenters. The van der Waals surface area contributed by atoms with Crippen molar-refractivity contribution in [2.24, 2.45) is 0 Å². The van der Waals surface area contributed by atoms with Crippen LogP contribution >= 0.6 is 27.5 Å². The van der Waals surface area contributed by atoms with Gasteiger partial charge in [-0.05, 0) is 72.2 Å². The highest BCUT2D eigenvalue weighted by Gasteiger charge is 2.13. The summed E-state index contributed by atoms with van der Waals surface area (Å²) in [7, 11) is 0. The number of carbonyl (C=O) groups is 2. The van der Waals surface area contributed by atoms with Crippen molar-refractivity contribution in [2.45, 2.75) is 20.8 Å². The fourth-order valence-electron chi connectivity index (χ4n) is 2.74. The van der Waals surface area contributed by atoms with E-state index in [1.165, 1.54) is 6.92 Å². The van der Waals surface area contributed by atoms with Crippen LogP contribution < -0.4 is 10.6 Å². The third-order valence-electron chi connectivity index (χ3n) is 4.12. The normalized spacial score (nSPS) is 10.6. The molecule has 0 aliphatic heterocycles. The molecular weight excluding hydrogens is 444 g/mol. The zero-order valence-electron chi connectivity index (χ0n) is 15.5. The van der Waals surface area contributed by atoms with E-state index in [1.54, 1.807) is 30.3 Å². The van der Waals surface area contributed by atoms with Gasteiger partial charge in [0.15, 0.2) is 0 Å². The lowest BCUT2D eigenvalue weighted by Gasteiger charge is -2.12. The Kier molecular flexibility index (Phi) is 5.86. The van der Waals surface area contributed by atoms with Crippen molar-refractivity contribution in [3.05, 3.63) is 68.9 Å². The quantitative estimate of drug-likeness (QED) is 0.566. The molecule has 2 amide bonds. The van der Waals surface area contributed by atoms with Crippen LogP contribution in [0.1, 0.15) is 28.7 Å². The zero-order valence-corrected chi connectivity index (χ0v) is 17.9. The minimum absolute atomic E-state index is 0.238. The fraction of sp³-hybridized carbons (Fsp3) is 0.150. The molecule has 0 saturated heterocycles. The minimum atomic E-state index is -0.310. The number of aryl methyl sites for hydroxylation is 1. The lowest BCUT2D eigenvalue weighted by atomic mass is 10.1. The first-order valence-corrected chi connectivity index (χ1v) is 9.64. The number of rotatable bonds is 4. The monoisotopic (exact) mass is 460 g/mol. The van der Waals surface area contributed by atoms with Gasteiger partial charge in [0.1, 0.15) is 0 Å². The average Bonchev–Trinajstić information content (AvgIpc) is 2.91. The van der Waals surface area contributed by atoms with E-state index >= 15 is 0 Å². The first kappa shape index (κ1) is 20.1. The Morgan fingerprint density at radius 3 is 2.29 bits per heavy atom. The van der Waals surface area contributed by atoms with Crippen LogP contribution in [-0.2, 0) is 4.79 Å². The molecule has 2 aromatic carbocycles. The molecule has 8 heteroatoms. The topological polar surface area (TPSA) is 76.0 Å². The molecule has 0 atom stereocenters. The molecule has 0 radical (unpaired) electrons. The Balaban J connectivity index is 1.83. The van der Waals surface area contributed by atoms with Gasteiger partial charge in [-0.3, -0.25) is 9.59 Å². The van der Waals surface area contributed by atoms with Crippen LogP contribution in [0, 0.1) is 13.8 Å². The zero-order chi connectivity index (χ0) is 20.4. The second-order valence-corrected chi connectivity index (χ2v) is 7.50. The molecular formula is C20H18BrClN4O2. The Morgan fingerprint density at radius 1 is 1.04 bits per heavy atom. The van der Waals surface area contributed by atoms with Crippen LogP contribution in [0.15, 0.2) is 46.9 Å². The predicted molar refractivity (Wildman–Crippen MR) is 114 cm³/mol. The molecule has 6 nitrogen and oxygen atoms in total. The summed E-state index contributed by atoms with van der Waals surface area (Å²) in [6.07, 6.45) is 0. The molecule has 0 aliphatic carbocycles. The summed E-state index contributed by atoms with van der Waals surface area (Å²) < 4.78 is 2.77. The summed E-state index contributed by atoms with van der Waals surface area (Å²) >= 11 is 9.54. The van der Waals surface area contributed by atoms with Gasteiger partial charge < -0.3 is 10.6 Å². The lowest BCUT2D eigenvalue weighted by Crippen LogP contribution is -2.15. The molecule has 0 aliphatic rings. The molecule has 0 saturated carbocycles. The third-order valence-corrected chi connectivity index (χ3v) is 5.50. The van der Waals surface area contributed by atoms with Crippen molar-refractivity contribution < 1.29 is 9.59 Å². The van der Waals surface area contributed by atoms with Crippen molar-refractivity contribution in [3.63, 3.8) is 0 Å². The van der Waals surface area contributed by atoms with Crippen molar-refractivity contribution >= 4 is 50.7 Å². The van der Waals surface area contributed by atoms with Crippen LogP contribution in [0.5, 0.6) is 0 Å². The van der Waals surface area contributed by atoms with Crippen molar-refractivity contribution in [1.29, 1.82) is 0 Å². The van der Waals surface area contributed by atoms with E-state index in [0.29, 0.717) is 22.0 Å². The van der Waals surface area contributed by atoms with E-state index in [0.717, 1.165) is 21.5 Å². The number of aromatic nitrogens is 2. The maximum Gasteiger partial charge on any atom is 0.255 e. The molecule has 3 aromatic rings. The van der Waals surface area contributed by atoms with E-state index in [4.69, 9.17) is 11.6 Å². The summed E-state index contributed by atoms with van der Waals surface area (Å²) in [6, 6.07) is 12.0. The number of nitrogens with one attached hydrogen (secondary N) is 2. The summed E-state index contributed by atoms with van der Waals surface area (Å²) in [5.41, 5.74) is 4.11. The van der Waals surface area contributed by atoms with Gasteiger partial charge in [0.2, 0.25) is 5.91 Å². The van der Waals surface area contributed by atoms with Crippen molar-refractivity contribution in [2.75, 3.05) is 10.6 Å². The molecule has 144 valence electrons. The SMILES string of the molecule is CC(=O)Nc1ccc(Cl)cc1NC(=O)c1ccc(-n2nc(C)c(Br)c2C)cc1. The number of carbonyl (C=O) groups excluding carboxylic acids is 2. The van der Waals surface area contributed by atoms with E-state index in [2.05, 4.69) is 31.7 Å². The van der Waals surface area contributed by atoms with Crippen LogP contribution in [0.3, 0.4) is 0 Å². The maximum atomic E-state index is 12.6. The summed E-state index contributed by atoms with van der Waals surface area (Å²) in [6.45, 7) is 5.29. The number of nitrogens with zero attached hydrogens (tertiary/aromatic N) is 2. The molecule has 0 spiro atoms. The van der Waals surface area contributed by atoms with Gasteiger partial charge in [-0.15, -0.1) is 0 Å². The summed E-state index contributed by atoms with van der Waals surface area (Å²) in [5, 5.41) is 10.4. The Bertz CT molecular complexity index is 1060. The first-order valence-electron chi connectivity index (χ1n) is 8.47. The van der Waals surface area contributed by atoms with E-state index in [-0.39, 0.29) is 11.8 Å². The second kappa shape index (κ2) is 8.16. The Labute approximate surface area is 176 Å². The molecule has 2 N–H and O–H groups in total. The molecule has 1 aromatic heterocycles. The van der Waals surface area contributed by atoms with Crippen LogP contribution in [-0.4, -0.2) is 21.6 Å². The highest BCUT2D eigenvalue weighted by Crippen LogP contribution is 2.27. The third kappa shape index (κ3) is 4.26. The number of amides is 2. The smallest absolute Gasteiger partial charge is 0.255 e. The van der Waals surface area contributed by atoms with Gasteiger partial charge in [0, 0.05) is 17.5 Å². The fourth-order valence-corrected chi connectivity index (χ4v) is 3.16. The van der Waals surface area contributed by atoms with E-state index in [1.807, 2.05) is 30.7 Å². The molecule has 3 rings (SSSR count). The van der Waals surface area contributed by atoms with Gasteiger partial charge >= 0.3 is 0 Å². The Hall–Kier alpha value is -2.64. The summed E-state index contributed by atoms with van der Waals surface area (Å²) in [4.78, 5) is 24.0. The first-order chi connectivity index (χ1) is 13.3. The van der Waals surface area contributed by atoms with Crippen molar-refractivity contribution in [3.8, 4) is 5.69 Å². The van der Waals surface area contributed by atoms with Gasteiger partial charge in [0.05, 0.1) is 32.9 Å². The number of hydrogen-bond acceptors (Lipinski definition) is 3. The predicted octanol–water partition coefficient (Wildman–Crippen LogP) is 5.12. The number of benzene rings is 2. The summed E-state index contributed by atoms with van der Waals surface area (Å²) in [5.74, 6) is -0.548. The highest BCUT2D eigenvalue weighted by atomic mass is 79.9. The largest absolute Gasteiger partial charge is 0.325 e. The van der Waals surface area contributed by atoms with Crippen LogP contribution in [0.2, 0.25) is 5.02 Å². The molecule has 28 heavy (non-hydrogen) atoms. The number of anilines is 2. The van der Waals surface area contributed by atoms with Crippen molar-refractivity contribution in [1.82, 2.24) is 9.78 Å².